The minimum absolute atomic E-state index is 0.0369. The summed E-state index contributed by atoms with van der Waals surface area (Å²) >= 11 is 3.37. The summed E-state index contributed by atoms with van der Waals surface area (Å²) in [6, 6.07) is 9.47. The number of rotatable bonds is 2. The van der Waals surface area contributed by atoms with Gasteiger partial charge in [0.25, 0.3) is 0 Å². The molecule has 0 fully saturated rings. The fourth-order valence-electron chi connectivity index (χ4n) is 1.65. The zero-order valence-electron chi connectivity index (χ0n) is 9.71. The van der Waals surface area contributed by atoms with Crippen molar-refractivity contribution in [2.45, 2.75) is 6.92 Å². The van der Waals surface area contributed by atoms with E-state index in [0.29, 0.717) is 5.56 Å². The Balaban J connectivity index is 2.48. The minimum atomic E-state index is -0.579. The number of ketones is 1. The van der Waals surface area contributed by atoms with Crippen LogP contribution in [0.2, 0.25) is 0 Å². The number of carbonyl (C=O) groups is 1. The first-order valence-electron chi connectivity index (χ1n) is 5.35. The number of halogens is 2. The van der Waals surface area contributed by atoms with Crippen LogP contribution in [0.15, 0.2) is 40.9 Å². The molecule has 0 radical (unpaired) electrons. The maximum absolute atomic E-state index is 13.3. The van der Waals surface area contributed by atoms with Crippen LogP contribution in [0, 0.1) is 12.7 Å². The summed E-state index contributed by atoms with van der Waals surface area (Å²) in [5.74, 6) is -0.811. The van der Waals surface area contributed by atoms with Crippen LogP contribution in [0.4, 0.5) is 10.1 Å². The maximum Gasteiger partial charge on any atom is 0.194 e. The molecular weight excluding hydrogens is 297 g/mol. The molecule has 0 atom stereocenters. The molecule has 0 unspecified atom stereocenters. The van der Waals surface area contributed by atoms with E-state index >= 15 is 0 Å². The van der Waals surface area contributed by atoms with Crippen molar-refractivity contribution in [2.24, 2.45) is 0 Å². The molecule has 0 saturated heterocycles. The molecule has 0 aromatic heterocycles. The summed E-state index contributed by atoms with van der Waals surface area (Å²) in [4.78, 5) is 12.2. The number of hydrogen-bond donors (Lipinski definition) is 1. The number of benzene rings is 2. The zero-order valence-corrected chi connectivity index (χ0v) is 11.3. The molecule has 18 heavy (non-hydrogen) atoms. The fourth-order valence-corrected chi connectivity index (χ4v) is 2.09. The van der Waals surface area contributed by atoms with Gasteiger partial charge >= 0.3 is 0 Å². The van der Waals surface area contributed by atoms with Gasteiger partial charge in [0.2, 0.25) is 0 Å². The predicted octanol–water partition coefficient (Wildman–Crippen LogP) is 3.71. The van der Waals surface area contributed by atoms with E-state index in [1.807, 2.05) is 13.0 Å². The molecule has 2 rings (SSSR count). The normalized spacial score (nSPS) is 10.4. The van der Waals surface area contributed by atoms with Crippen molar-refractivity contribution in [3.8, 4) is 0 Å². The van der Waals surface area contributed by atoms with Gasteiger partial charge in [0, 0.05) is 15.6 Å². The zero-order chi connectivity index (χ0) is 13.3. The van der Waals surface area contributed by atoms with Crippen LogP contribution in [0.25, 0.3) is 0 Å². The van der Waals surface area contributed by atoms with Crippen molar-refractivity contribution in [1.82, 2.24) is 0 Å². The van der Waals surface area contributed by atoms with Gasteiger partial charge in [-0.15, -0.1) is 0 Å². The number of hydrogen-bond acceptors (Lipinski definition) is 2. The number of anilines is 1. The Bertz CT molecular complexity index is 625. The SMILES string of the molecule is Cc1cccc(C(=O)c2ccc(N)c(F)c2)c1Br. The second-order valence-corrected chi connectivity index (χ2v) is 4.79. The number of aryl methyl sites for hydroxylation is 1. The van der Waals surface area contributed by atoms with Crippen molar-refractivity contribution in [2.75, 3.05) is 5.73 Å². The van der Waals surface area contributed by atoms with Gasteiger partial charge in [0.05, 0.1) is 5.69 Å². The number of nitrogen functional groups attached to an aromatic ring is 1. The molecule has 0 saturated carbocycles. The average Bonchev–Trinajstić information content (AvgIpc) is 2.35. The second kappa shape index (κ2) is 4.90. The molecule has 2 N–H and O–H groups in total. The lowest BCUT2D eigenvalue weighted by Crippen LogP contribution is -2.04. The maximum atomic E-state index is 13.3. The highest BCUT2D eigenvalue weighted by Crippen LogP contribution is 2.24. The van der Waals surface area contributed by atoms with Crippen molar-refractivity contribution < 1.29 is 9.18 Å². The Morgan fingerprint density at radius 3 is 2.67 bits per heavy atom. The second-order valence-electron chi connectivity index (χ2n) is 4.00. The number of nitrogens with two attached hydrogens (primary N) is 1. The molecule has 0 aliphatic carbocycles. The van der Waals surface area contributed by atoms with Crippen LogP contribution in [0.5, 0.6) is 0 Å². The Morgan fingerprint density at radius 1 is 1.28 bits per heavy atom. The Hall–Kier alpha value is -1.68. The van der Waals surface area contributed by atoms with E-state index in [9.17, 15) is 9.18 Å². The standard InChI is InChI=1S/C14H11BrFNO/c1-8-3-2-4-10(13(8)15)14(18)9-5-6-12(17)11(16)7-9/h2-7H,17H2,1H3. The van der Waals surface area contributed by atoms with Crippen molar-refractivity contribution >= 4 is 27.4 Å². The summed E-state index contributed by atoms with van der Waals surface area (Å²) in [6.45, 7) is 1.89. The lowest BCUT2D eigenvalue weighted by Gasteiger charge is -2.07. The lowest BCUT2D eigenvalue weighted by atomic mass is 10.0. The van der Waals surface area contributed by atoms with Crippen molar-refractivity contribution in [3.05, 3.63) is 63.4 Å². The lowest BCUT2D eigenvalue weighted by molar-refractivity contribution is 0.103. The molecule has 0 spiro atoms. The molecule has 2 nitrogen and oxygen atoms in total. The molecule has 0 aliphatic heterocycles. The molecule has 4 heteroatoms. The third-order valence-electron chi connectivity index (χ3n) is 2.70. The summed E-state index contributed by atoms with van der Waals surface area (Å²) in [5.41, 5.74) is 7.18. The summed E-state index contributed by atoms with van der Waals surface area (Å²) in [5, 5.41) is 0. The van der Waals surface area contributed by atoms with Crippen LogP contribution in [-0.2, 0) is 0 Å². The van der Waals surface area contributed by atoms with Gasteiger partial charge in [0.15, 0.2) is 5.78 Å². The molecule has 92 valence electrons. The van der Waals surface area contributed by atoms with E-state index < -0.39 is 5.82 Å². The van der Waals surface area contributed by atoms with E-state index in [2.05, 4.69) is 15.9 Å². The van der Waals surface area contributed by atoms with E-state index in [1.165, 1.54) is 12.1 Å². The highest BCUT2D eigenvalue weighted by molar-refractivity contribution is 9.10. The molecule has 0 bridgehead atoms. The van der Waals surface area contributed by atoms with Crippen LogP contribution < -0.4 is 5.73 Å². The Labute approximate surface area is 113 Å². The van der Waals surface area contributed by atoms with E-state index in [-0.39, 0.29) is 17.0 Å². The Morgan fingerprint density at radius 2 is 2.00 bits per heavy atom. The quantitative estimate of drug-likeness (QED) is 0.679. The van der Waals surface area contributed by atoms with E-state index in [0.717, 1.165) is 16.1 Å². The first-order chi connectivity index (χ1) is 8.50. The van der Waals surface area contributed by atoms with Gasteiger partial charge in [-0.25, -0.2) is 4.39 Å². The molecular formula is C14H11BrFNO. The first-order valence-corrected chi connectivity index (χ1v) is 6.15. The van der Waals surface area contributed by atoms with Crippen LogP contribution in [0.3, 0.4) is 0 Å². The van der Waals surface area contributed by atoms with E-state index in [4.69, 9.17) is 5.73 Å². The van der Waals surface area contributed by atoms with Gasteiger partial charge < -0.3 is 5.73 Å². The summed E-state index contributed by atoms with van der Waals surface area (Å²) in [7, 11) is 0. The third-order valence-corrected chi connectivity index (χ3v) is 3.75. The van der Waals surface area contributed by atoms with Gasteiger partial charge in [-0.1, -0.05) is 12.1 Å². The summed E-state index contributed by atoms with van der Waals surface area (Å²) < 4.78 is 14.1. The average molecular weight is 308 g/mol. The third kappa shape index (κ3) is 2.29. The van der Waals surface area contributed by atoms with Gasteiger partial charge in [-0.05, 0) is 52.7 Å². The first kappa shape index (κ1) is 12.8. The minimum Gasteiger partial charge on any atom is -0.396 e. The molecule has 0 heterocycles. The van der Waals surface area contributed by atoms with Gasteiger partial charge in [0.1, 0.15) is 5.82 Å². The monoisotopic (exact) mass is 307 g/mol. The van der Waals surface area contributed by atoms with Gasteiger partial charge in [-0.3, -0.25) is 4.79 Å². The Kier molecular flexibility index (Phi) is 3.48. The number of carbonyl (C=O) groups excluding carboxylic acids is 1. The molecule has 0 amide bonds. The topological polar surface area (TPSA) is 43.1 Å². The van der Waals surface area contributed by atoms with Crippen LogP contribution >= 0.6 is 15.9 Å². The van der Waals surface area contributed by atoms with Crippen molar-refractivity contribution in [3.63, 3.8) is 0 Å². The van der Waals surface area contributed by atoms with Gasteiger partial charge in [-0.2, -0.15) is 0 Å². The highest BCUT2D eigenvalue weighted by atomic mass is 79.9. The van der Waals surface area contributed by atoms with Crippen LogP contribution in [0.1, 0.15) is 21.5 Å². The van der Waals surface area contributed by atoms with Crippen molar-refractivity contribution in [1.29, 1.82) is 0 Å². The summed E-state index contributed by atoms with van der Waals surface area (Å²) in [6.07, 6.45) is 0. The smallest absolute Gasteiger partial charge is 0.194 e. The molecule has 2 aromatic carbocycles. The highest BCUT2D eigenvalue weighted by Gasteiger charge is 2.14. The predicted molar refractivity (Wildman–Crippen MR) is 73.1 cm³/mol. The molecule has 2 aromatic rings. The van der Waals surface area contributed by atoms with Crippen LogP contribution in [-0.4, -0.2) is 5.78 Å². The fraction of sp³-hybridized carbons (Fsp3) is 0.0714. The largest absolute Gasteiger partial charge is 0.396 e. The van der Waals surface area contributed by atoms with E-state index in [1.54, 1.807) is 12.1 Å². The molecule has 0 aliphatic rings.